The van der Waals surface area contributed by atoms with Gasteiger partial charge in [0.1, 0.15) is 11.6 Å². The van der Waals surface area contributed by atoms with E-state index in [2.05, 4.69) is 10.0 Å². The molecule has 1 rings (SSSR count). The van der Waals surface area contributed by atoms with Crippen molar-refractivity contribution in [2.75, 3.05) is 13.2 Å². The lowest BCUT2D eigenvalue weighted by molar-refractivity contribution is 0.313. The van der Waals surface area contributed by atoms with Crippen LogP contribution in [0.1, 0.15) is 6.42 Å². The number of rotatable bonds is 5. The van der Waals surface area contributed by atoms with E-state index in [0.29, 0.717) is 25.3 Å². The molecule has 0 saturated heterocycles. The molecular weight excluding hydrogens is 185 g/mol. The van der Waals surface area contributed by atoms with Crippen molar-refractivity contribution in [3.05, 3.63) is 40.5 Å². The molecule has 5 heteroatoms. The highest BCUT2D eigenvalue weighted by Gasteiger charge is 1.93. The van der Waals surface area contributed by atoms with Gasteiger partial charge in [0.05, 0.1) is 6.61 Å². The first kappa shape index (κ1) is 10.3. The molecular formula is C9H10FN3O. The summed E-state index contributed by atoms with van der Waals surface area (Å²) in [6, 6.07) is 5.79. The van der Waals surface area contributed by atoms with Crippen LogP contribution in [0, 0.1) is 5.82 Å². The second-order valence-corrected chi connectivity index (χ2v) is 2.61. The first-order chi connectivity index (χ1) is 6.83. The Bertz CT molecular complexity index is 319. The van der Waals surface area contributed by atoms with Gasteiger partial charge in [0.15, 0.2) is 0 Å². The molecule has 14 heavy (non-hydrogen) atoms. The van der Waals surface area contributed by atoms with E-state index in [1.165, 1.54) is 12.1 Å². The molecule has 0 N–H and O–H groups in total. The molecule has 0 aliphatic carbocycles. The largest absolute Gasteiger partial charge is 0.494 e. The molecule has 0 atom stereocenters. The minimum Gasteiger partial charge on any atom is -0.494 e. The van der Waals surface area contributed by atoms with Crippen molar-refractivity contribution in [1.82, 2.24) is 0 Å². The van der Waals surface area contributed by atoms with Crippen LogP contribution in [0.4, 0.5) is 4.39 Å². The fraction of sp³-hybridized carbons (Fsp3) is 0.333. The predicted molar refractivity (Wildman–Crippen MR) is 50.5 cm³/mol. The fourth-order valence-electron chi connectivity index (χ4n) is 0.901. The predicted octanol–water partition coefficient (Wildman–Crippen LogP) is 2.90. The van der Waals surface area contributed by atoms with Gasteiger partial charge in [0.2, 0.25) is 0 Å². The molecule has 0 aromatic heterocycles. The zero-order chi connectivity index (χ0) is 10.2. The van der Waals surface area contributed by atoms with Crippen molar-refractivity contribution in [3.63, 3.8) is 0 Å². The summed E-state index contributed by atoms with van der Waals surface area (Å²) in [6.45, 7) is 0.877. The molecule has 1 aromatic carbocycles. The summed E-state index contributed by atoms with van der Waals surface area (Å²) in [5, 5.41) is 3.36. The van der Waals surface area contributed by atoms with Gasteiger partial charge in [-0.1, -0.05) is 5.11 Å². The molecule has 0 amide bonds. The number of hydrogen-bond donors (Lipinski definition) is 0. The van der Waals surface area contributed by atoms with Crippen molar-refractivity contribution in [1.29, 1.82) is 0 Å². The highest BCUT2D eigenvalue weighted by Crippen LogP contribution is 2.10. The summed E-state index contributed by atoms with van der Waals surface area (Å²) in [5.74, 6) is 0.332. The lowest BCUT2D eigenvalue weighted by Crippen LogP contribution is -1.98. The Balaban J connectivity index is 2.24. The summed E-state index contributed by atoms with van der Waals surface area (Å²) in [4.78, 5) is 2.61. The standard InChI is InChI=1S/C9H10FN3O/c10-8-2-4-9(5-3-8)14-7-1-6-12-13-11/h2-5H,1,6-7H2. The van der Waals surface area contributed by atoms with Crippen LogP contribution in [0.2, 0.25) is 0 Å². The summed E-state index contributed by atoms with van der Waals surface area (Å²) in [5.41, 5.74) is 7.99. The van der Waals surface area contributed by atoms with Crippen molar-refractivity contribution in [2.24, 2.45) is 5.11 Å². The Hall–Kier alpha value is -1.74. The van der Waals surface area contributed by atoms with Gasteiger partial charge in [-0.05, 0) is 36.2 Å². The van der Waals surface area contributed by atoms with Gasteiger partial charge in [-0.15, -0.1) is 0 Å². The topological polar surface area (TPSA) is 58.0 Å². The molecule has 0 bridgehead atoms. The minimum absolute atomic E-state index is 0.286. The minimum atomic E-state index is -0.286. The highest BCUT2D eigenvalue weighted by molar-refractivity contribution is 5.21. The number of hydrogen-bond acceptors (Lipinski definition) is 2. The van der Waals surface area contributed by atoms with Gasteiger partial charge in [-0.2, -0.15) is 0 Å². The van der Waals surface area contributed by atoms with E-state index in [0.717, 1.165) is 0 Å². The van der Waals surface area contributed by atoms with E-state index in [-0.39, 0.29) is 5.82 Å². The summed E-state index contributed by atoms with van der Waals surface area (Å²) in [7, 11) is 0. The Kier molecular flexibility index (Phi) is 4.31. The zero-order valence-corrected chi connectivity index (χ0v) is 7.56. The smallest absolute Gasteiger partial charge is 0.123 e. The quantitative estimate of drug-likeness (QED) is 0.308. The molecule has 74 valence electrons. The summed E-state index contributed by atoms with van der Waals surface area (Å²) >= 11 is 0. The average Bonchev–Trinajstić information content (AvgIpc) is 2.21. The monoisotopic (exact) mass is 195 g/mol. The van der Waals surface area contributed by atoms with Gasteiger partial charge in [0.25, 0.3) is 0 Å². The van der Waals surface area contributed by atoms with Crippen LogP contribution in [0.25, 0.3) is 10.4 Å². The lowest BCUT2D eigenvalue weighted by atomic mass is 10.3. The van der Waals surface area contributed by atoms with Gasteiger partial charge in [-0.25, -0.2) is 4.39 Å². The molecule has 0 heterocycles. The summed E-state index contributed by atoms with van der Waals surface area (Å²) < 4.78 is 17.7. The first-order valence-electron chi connectivity index (χ1n) is 4.22. The highest BCUT2D eigenvalue weighted by atomic mass is 19.1. The zero-order valence-electron chi connectivity index (χ0n) is 7.56. The maximum Gasteiger partial charge on any atom is 0.123 e. The van der Waals surface area contributed by atoms with E-state index in [4.69, 9.17) is 10.3 Å². The second-order valence-electron chi connectivity index (χ2n) is 2.61. The molecule has 0 fully saturated rings. The van der Waals surface area contributed by atoms with Gasteiger partial charge in [0, 0.05) is 11.5 Å². The van der Waals surface area contributed by atoms with E-state index >= 15 is 0 Å². The van der Waals surface area contributed by atoms with Crippen LogP contribution in [0.3, 0.4) is 0 Å². The second kappa shape index (κ2) is 5.83. The fourth-order valence-corrected chi connectivity index (χ4v) is 0.901. The van der Waals surface area contributed by atoms with Crippen molar-refractivity contribution in [2.45, 2.75) is 6.42 Å². The Labute approximate surface area is 80.9 Å². The number of benzene rings is 1. The van der Waals surface area contributed by atoms with Crippen LogP contribution in [0.5, 0.6) is 5.75 Å². The number of azide groups is 1. The third-order valence-electron chi connectivity index (χ3n) is 1.55. The van der Waals surface area contributed by atoms with Crippen LogP contribution >= 0.6 is 0 Å². The first-order valence-corrected chi connectivity index (χ1v) is 4.22. The van der Waals surface area contributed by atoms with Gasteiger partial charge >= 0.3 is 0 Å². The van der Waals surface area contributed by atoms with Crippen LogP contribution < -0.4 is 4.74 Å². The van der Waals surface area contributed by atoms with Crippen LogP contribution in [-0.4, -0.2) is 13.2 Å². The van der Waals surface area contributed by atoms with Crippen molar-refractivity contribution >= 4 is 0 Å². The Morgan fingerprint density at radius 1 is 1.36 bits per heavy atom. The summed E-state index contributed by atoms with van der Waals surface area (Å²) in [6.07, 6.45) is 0.654. The normalized spacial score (nSPS) is 9.21. The molecule has 0 aliphatic heterocycles. The molecule has 1 aromatic rings. The molecule has 0 saturated carbocycles. The molecule has 0 unspecified atom stereocenters. The van der Waals surface area contributed by atoms with E-state index < -0.39 is 0 Å². The van der Waals surface area contributed by atoms with Crippen molar-refractivity contribution in [3.8, 4) is 5.75 Å². The van der Waals surface area contributed by atoms with Crippen molar-refractivity contribution < 1.29 is 9.13 Å². The van der Waals surface area contributed by atoms with Gasteiger partial charge in [-0.3, -0.25) is 0 Å². The van der Waals surface area contributed by atoms with Gasteiger partial charge < -0.3 is 4.74 Å². The number of nitrogens with zero attached hydrogens (tertiary/aromatic N) is 3. The van der Waals surface area contributed by atoms with Crippen LogP contribution in [-0.2, 0) is 0 Å². The van der Waals surface area contributed by atoms with E-state index in [1.807, 2.05) is 0 Å². The third-order valence-corrected chi connectivity index (χ3v) is 1.55. The molecule has 0 spiro atoms. The Morgan fingerprint density at radius 2 is 2.07 bits per heavy atom. The lowest BCUT2D eigenvalue weighted by Gasteiger charge is -2.03. The molecule has 0 aliphatic rings. The SMILES string of the molecule is [N-]=[N+]=NCCCOc1ccc(F)cc1. The molecule has 0 radical (unpaired) electrons. The maximum atomic E-state index is 12.5. The molecule has 4 nitrogen and oxygen atoms in total. The van der Waals surface area contributed by atoms with E-state index in [9.17, 15) is 4.39 Å². The Morgan fingerprint density at radius 3 is 2.71 bits per heavy atom. The van der Waals surface area contributed by atoms with E-state index in [1.54, 1.807) is 12.1 Å². The average molecular weight is 195 g/mol. The number of halogens is 1. The third kappa shape index (κ3) is 3.78. The number of ether oxygens (including phenoxy) is 1. The maximum absolute atomic E-state index is 12.5. The van der Waals surface area contributed by atoms with Crippen LogP contribution in [0.15, 0.2) is 29.4 Å².